The molecule has 1 aliphatic heterocycles. The Morgan fingerprint density at radius 1 is 1.47 bits per heavy atom. The lowest BCUT2D eigenvalue weighted by Crippen LogP contribution is -2.41. The highest BCUT2D eigenvalue weighted by Gasteiger charge is 2.37. The molecule has 0 amide bonds. The largest absolute Gasteiger partial charge is 0.389 e. The van der Waals surface area contributed by atoms with Crippen LogP contribution in [0.1, 0.15) is 25.8 Å². The molecule has 6 heteroatoms. The van der Waals surface area contributed by atoms with Crippen molar-refractivity contribution in [1.29, 1.82) is 0 Å². The van der Waals surface area contributed by atoms with E-state index in [4.69, 9.17) is 10.5 Å². The molecule has 2 unspecified atom stereocenters. The predicted molar refractivity (Wildman–Crippen MR) is 74.3 cm³/mol. The van der Waals surface area contributed by atoms with Crippen LogP contribution < -0.4 is 11.1 Å². The average molecular weight is 286 g/mol. The van der Waals surface area contributed by atoms with E-state index >= 15 is 0 Å². The summed E-state index contributed by atoms with van der Waals surface area (Å²) in [4.78, 5) is -0.160. The molecule has 1 aromatic carbocycles. The first-order valence-electron chi connectivity index (χ1n) is 6.03. The summed E-state index contributed by atoms with van der Waals surface area (Å²) in [5.74, 6) is -1.99. The zero-order valence-corrected chi connectivity index (χ0v) is 11.6. The van der Waals surface area contributed by atoms with Gasteiger partial charge in [0.15, 0.2) is 11.6 Å². The van der Waals surface area contributed by atoms with Crippen molar-refractivity contribution in [2.45, 2.75) is 31.9 Å². The maximum absolute atomic E-state index is 14.0. The zero-order valence-electron chi connectivity index (χ0n) is 10.8. The molecule has 2 rings (SSSR count). The van der Waals surface area contributed by atoms with Gasteiger partial charge in [0.2, 0.25) is 0 Å². The van der Waals surface area contributed by atoms with Crippen molar-refractivity contribution in [2.75, 3.05) is 11.9 Å². The number of halogens is 2. The SMILES string of the molecule is CC1OCCC1(C)Nc1ccc(C(N)=S)c(F)c1F. The minimum atomic E-state index is -1.02. The van der Waals surface area contributed by atoms with Crippen LogP contribution in [0.3, 0.4) is 0 Å². The fraction of sp³-hybridized carbons (Fsp3) is 0.462. The quantitative estimate of drug-likeness (QED) is 0.838. The van der Waals surface area contributed by atoms with Crippen molar-refractivity contribution in [3.05, 3.63) is 29.3 Å². The summed E-state index contributed by atoms with van der Waals surface area (Å²) in [6.07, 6.45) is 0.650. The van der Waals surface area contributed by atoms with Gasteiger partial charge < -0.3 is 15.8 Å². The fourth-order valence-electron chi connectivity index (χ4n) is 2.14. The summed E-state index contributed by atoms with van der Waals surface area (Å²) < 4.78 is 33.2. The van der Waals surface area contributed by atoms with Gasteiger partial charge in [-0.1, -0.05) is 12.2 Å². The first-order valence-corrected chi connectivity index (χ1v) is 6.43. The molecule has 0 aliphatic carbocycles. The highest BCUT2D eigenvalue weighted by Crippen LogP contribution is 2.31. The highest BCUT2D eigenvalue weighted by atomic mass is 32.1. The number of nitrogens with one attached hydrogen (secondary N) is 1. The molecule has 1 aliphatic rings. The van der Waals surface area contributed by atoms with Crippen molar-refractivity contribution in [3.8, 4) is 0 Å². The Morgan fingerprint density at radius 2 is 2.16 bits per heavy atom. The lowest BCUT2D eigenvalue weighted by molar-refractivity contribution is 0.105. The standard InChI is InChI=1S/C13H16F2N2OS/c1-7-13(2,5-6-18-7)17-9-4-3-8(12(16)19)10(14)11(9)15/h3-4,7,17H,5-6H2,1-2H3,(H2,16,19). The van der Waals surface area contributed by atoms with Crippen molar-refractivity contribution in [2.24, 2.45) is 5.73 Å². The van der Waals surface area contributed by atoms with Gasteiger partial charge in [0.25, 0.3) is 0 Å². The number of rotatable bonds is 3. The highest BCUT2D eigenvalue weighted by molar-refractivity contribution is 7.80. The molecule has 0 bridgehead atoms. The Labute approximate surface area is 116 Å². The first kappa shape index (κ1) is 14.1. The summed E-state index contributed by atoms with van der Waals surface area (Å²) in [5, 5.41) is 3.02. The Bertz CT molecular complexity index is 524. The van der Waals surface area contributed by atoms with E-state index in [1.807, 2.05) is 13.8 Å². The summed E-state index contributed by atoms with van der Waals surface area (Å²) in [7, 11) is 0. The number of hydrogen-bond donors (Lipinski definition) is 2. The summed E-state index contributed by atoms with van der Waals surface area (Å²) >= 11 is 4.67. The smallest absolute Gasteiger partial charge is 0.182 e. The van der Waals surface area contributed by atoms with E-state index in [9.17, 15) is 8.78 Å². The molecule has 1 fully saturated rings. The number of nitrogens with two attached hydrogens (primary N) is 1. The van der Waals surface area contributed by atoms with E-state index in [-0.39, 0.29) is 22.3 Å². The van der Waals surface area contributed by atoms with Crippen LogP contribution in [0.5, 0.6) is 0 Å². The molecule has 3 N–H and O–H groups in total. The van der Waals surface area contributed by atoms with Crippen LogP contribution in [0.15, 0.2) is 12.1 Å². The number of benzene rings is 1. The molecule has 1 aromatic rings. The van der Waals surface area contributed by atoms with Gasteiger partial charge in [0.05, 0.1) is 17.3 Å². The Morgan fingerprint density at radius 3 is 2.68 bits per heavy atom. The average Bonchev–Trinajstić information content (AvgIpc) is 2.65. The van der Waals surface area contributed by atoms with Crippen LogP contribution in [0, 0.1) is 11.6 Å². The molecule has 2 atom stereocenters. The minimum Gasteiger partial charge on any atom is -0.389 e. The second-order valence-electron chi connectivity index (χ2n) is 4.96. The third-order valence-electron chi connectivity index (χ3n) is 3.65. The predicted octanol–water partition coefficient (Wildman–Crippen LogP) is 2.58. The number of hydrogen-bond acceptors (Lipinski definition) is 3. The van der Waals surface area contributed by atoms with Gasteiger partial charge in [-0.3, -0.25) is 0 Å². The van der Waals surface area contributed by atoms with Crippen molar-refractivity contribution in [1.82, 2.24) is 0 Å². The molecular weight excluding hydrogens is 270 g/mol. The minimum absolute atomic E-state index is 0.0785. The molecule has 1 saturated heterocycles. The molecule has 1 heterocycles. The summed E-state index contributed by atoms with van der Waals surface area (Å²) in [6.45, 7) is 4.42. The third kappa shape index (κ3) is 2.55. The summed E-state index contributed by atoms with van der Waals surface area (Å²) in [5.41, 5.74) is 4.92. The van der Waals surface area contributed by atoms with Gasteiger partial charge in [-0.15, -0.1) is 0 Å². The van der Waals surface area contributed by atoms with Gasteiger partial charge >= 0.3 is 0 Å². The molecule has 0 aromatic heterocycles. The van der Waals surface area contributed by atoms with Gasteiger partial charge in [0, 0.05) is 12.2 Å². The Kier molecular flexibility index (Phi) is 3.73. The number of ether oxygens (including phenoxy) is 1. The molecule has 0 spiro atoms. The van der Waals surface area contributed by atoms with Crippen LogP contribution >= 0.6 is 12.2 Å². The van der Waals surface area contributed by atoms with E-state index in [0.29, 0.717) is 6.61 Å². The lowest BCUT2D eigenvalue weighted by Gasteiger charge is -2.30. The number of thiocarbonyl (C=S) groups is 1. The van der Waals surface area contributed by atoms with Crippen LogP contribution in [-0.2, 0) is 4.74 Å². The monoisotopic (exact) mass is 286 g/mol. The third-order valence-corrected chi connectivity index (χ3v) is 3.87. The van der Waals surface area contributed by atoms with E-state index < -0.39 is 17.2 Å². The van der Waals surface area contributed by atoms with Crippen molar-refractivity contribution < 1.29 is 13.5 Å². The number of anilines is 1. The molecule has 0 radical (unpaired) electrons. The molecule has 0 saturated carbocycles. The van der Waals surface area contributed by atoms with Gasteiger partial charge in [-0.2, -0.15) is 0 Å². The molecule has 104 valence electrons. The van der Waals surface area contributed by atoms with Crippen LogP contribution in [0.2, 0.25) is 0 Å². The van der Waals surface area contributed by atoms with Gasteiger partial charge in [-0.25, -0.2) is 8.78 Å². The summed E-state index contributed by atoms with van der Waals surface area (Å²) in [6, 6.07) is 2.83. The molecule has 19 heavy (non-hydrogen) atoms. The fourth-order valence-corrected chi connectivity index (χ4v) is 2.30. The van der Waals surface area contributed by atoms with E-state index in [1.165, 1.54) is 12.1 Å². The second-order valence-corrected chi connectivity index (χ2v) is 5.40. The van der Waals surface area contributed by atoms with Gasteiger partial charge in [0.1, 0.15) is 4.99 Å². The van der Waals surface area contributed by atoms with Crippen molar-refractivity contribution >= 4 is 22.9 Å². The van der Waals surface area contributed by atoms with Crippen LogP contribution in [0.25, 0.3) is 0 Å². The normalized spacial score (nSPS) is 26.4. The van der Waals surface area contributed by atoms with E-state index in [2.05, 4.69) is 17.5 Å². The van der Waals surface area contributed by atoms with Gasteiger partial charge in [-0.05, 0) is 32.4 Å². The topological polar surface area (TPSA) is 47.3 Å². The first-order chi connectivity index (χ1) is 8.85. The van der Waals surface area contributed by atoms with Crippen LogP contribution in [-0.4, -0.2) is 23.2 Å². The zero-order chi connectivity index (χ0) is 14.2. The van der Waals surface area contributed by atoms with Crippen molar-refractivity contribution in [3.63, 3.8) is 0 Å². The lowest BCUT2D eigenvalue weighted by atomic mass is 9.94. The maximum atomic E-state index is 14.0. The molecule has 3 nitrogen and oxygen atoms in total. The van der Waals surface area contributed by atoms with Crippen LogP contribution in [0.4, 0.5) is 14.5 Å². The Hall–Kier alpha value is -1.27. The van der Waals surface area contributed by atoms with E-state index in [1.54, 1.807) is 0 Å². The Balaban J connectivity index is 2.32. The molecular formula is C13H16F2N2OS. The second kappa shape index (κ2) is 5.02. The van der Waals surface area contributed by atoms with E-state index in [0.717, 1.165) is 6.42 Å². The maximum Gasteiger partial charge on any atom is 0.182 e.